The molecule has 0 fully saturated rings. The Kier molecular flexibility index (Phi) is 5.62. The SMILES string of the molecule is CC(C)(Cc1ccc(F)cc1)NS(=O)(=O)c1ccc(OC(F)(F)F)cc1. The van der Waals surface area contributed by atoms with Gasteiger partial charge in [0, 0.05) is 5.54 Å². The van der Waals surface area contributed by atoms with Crippen molar-refractivity contribution in [2.75, 3.05) is 0 Å². The molecule has 1 N–H and O–H groups in total. The van der Waals surface area contributed by atoms with E-state index >= 15 is 0 Å². The predicted octanol–water partition coefficient (Wildman–Crippen LogP) is 4.02. The maximum atomic E-state index is 13.0. The zero-order valence-corrected chi connectivity index (χ0v) is 14.8. The van der Waals surface area contributed by atoms with Gasteiger partial charge in [0.1, 0.15) is 11.6 Å². The molecule has 142 valence electrons. The predicted molar refractivity (Wildman–Crippen MR) is 87.6 cm³/mol. The molecule has 2 rings (SSSR count). The first-order chi connectivity index (χ1) is 11.9. The van der Waals surface area contributed by atoms with Crippen LogP contribution in [0.1, 0.15) is 19.4 Å². The van der Waals surface area contributed by atoms with Crippen LogP contribution in [0.15, 0.2) is 53.4 Å². The Morgan fingerprint density at radius 2 is 1.50 bits per heavy atom. The van der Waals surface area contributed by atoms with Gasteiger partial charge in [0.2, 0.25) is 10.0 Å². The molecule has 0 saturated carbocycles. The largest absolute Gasteiger partial charge is 0.573 e. The quantitative estimate of drug-likeness (QED) is 0.757. The van der Waals surface area contributed by atoms with Gasteiger partial charge in [0.25, 0.3) is 0 Å². The summed E-state index contributed by atoms with van der Waals surface area (Å²) in [5, 5.41) is 0. The summed E-state index contributed by atoms with van der Waals surface area (Å²) in [5.74, 6) is -0.907. The van der Waals surface area contributed by atoms with Gasteiger partial charge in [-0.1, -0.05) is 12.1 Å². The molecule has 0 bridgehead atoms. The number of alkyl halides is 3. The molecule has 2 aromatic rings. The number of nitrogens with one attached hydrogen (secondary N) is 1. The Morgan fingerprint density at radius 3 is 2.00 bits per heavy atom. The summed E-state index contributed by atoms with van der Waals surface area (Å²) in [7, 11) is -3.97. The molecule has 0 atom stereocenters. The Balaban J connectivity index is 2.12. The zero-order valence-electron chi connectivity index (χ0n) is 14.0. The molecule has 0 saturated heterocycles. The third-order valence-electron chi connectivity index (χ3n) is 3.34. The molecule has 0 aliphatic rings. The third kappa shape index (κ3) is 5.99. The number of halogens is 4. The maximum absolute atomic E-state index is 13.0. The van der Waals surface area contributed by atoms with E-state index in [1.165, 1.54) is 12.1 Å². The molecule has 0 aliphatic heterocycles. The van der Waals surface area contributed by atoms with Gasteiger partial charge in [-0.15, -0.1) is 13.2 Å². The van der Waals surface area contributed by atoms with Crippen molar-refractivity contribution >= 4 is 10.0 Å². The van der Waals surface area contributed by atoms with Crippen LogP contribution in [0, 0.1) is 5.82 Å². The molecule has 26 heavy (non-hydrogen) atoms. The summed E-state index contributed by atoms with van der Waals surface area (Å²) in [5.41, 5.74) is -0.175. The van der Waals surface area contributed by atoms with E-state index < -0.39 is 33.5 Å². The van der Waals surface area contributed by atoms with Crippen molar-refractivity contribution in [3.63, 3.8) is 0 Å². The van der Waals surface area contributed by atoms with Crippen molar-refractivity contribution < 1.29 is 30.7 Å². The average Bonchev–Trinajstić information content (AvgIpc) is 2.47. The van der Waals surface area contributed by atoms with E-state index in [0.29, 0.717) is 6.42 Å². The molecular weight excluding hydrogens is 374 g/mol. The van der Waals surface area contributed by atoms with E-state index in [0.717, 1.165) is 29.8 Å². The Morgan fingerprint density at radius 1 is 0.962 bits per heavy atom. The van der Waals surface area contributed by atoms with Crippen LogP contribution in [-0.2, 0) is 16.4 Å². The first-order valence-electron chi connectivity index (χ1n) is 7.51. The lowest BCUT2D eigenvalue weighted by Crippen LogP contribution is -2.44. The first kappa shape index (κ1) is 20.2. The highest BCUT2D eigenvalue weighted by Crippen LogP contribution is 2.24. The third-order valence-corrected chi connectivity index (χ3v) is 5.05. The molecule has 9 heteroatoms. The van der Waals surface area contributed by atoms with Crippen molar-refractivity contribution in [1.29, 1.82) is 0 Å². The number of hydrogen-bond donors (Lipinski definition) is 1. The minimum absolute atomic E-state index is 0.195. The number of ether oxygens (including phenoxy) is 1. The molecule has 0 spiro atoms. The van der Waals surface area contributed by atoms with Gasteiger partial charge >= 0.3 is 6.36 Å². The topological polar surface area (TPSA) is 55.4 Å². The molecule has 2 aromatic carbocycles. The molecule has 0 unspecified atom stereocenters. The van der Waals surface area contributed by atoms with Crippen LogP contribution in [0.25, 0.3) is 0 Å². The Hall–Kier alpha value is -2.13. The zero-order chi connectivity index (χ0) is 19.6. The van der Waals surface area contributed by atoms with Crippen LogP contribution in [0.4, 0.5) is 17.6 Å². The highest BCUT2D eigenvalue weighted by Gasteiger charge is 2.31. The molecule has 0 radical (unpaired) electrons. The smallest absolute Gasteiger partial charge is 0.406 e. The second kappa shape index (κ2) is 7.24. The first-order valence-corrected chi connectivity index (χ1v) is 8.99. The average molecular weight is 391 g/mol. The summed E-state index contributed by atoms with van der Waals surface area (Å²) in [4.78, 5) is -0.195. The second-order valence-electron chi connectivity index (χ2n) is 6.31. The van der Waals surface area contributed by atoms with Crippen LogP contribution in [-0.4, -0.2) is 20.3 Å². The molecular formula is C17H17F4NO3S. The molecule has 0 aliphatic carbocycles. The highest BCUT2D eigenvalue weighted by atomic mass is 32.2. The molecule has 0 heterocycles. The summed E-state index contributed by atoms with van der Waals surface area (Å²) >= 11 is 0. The van der Waals surface area contributed by atoms with Crippen molar-refractivity contribution in [3.05, 3.63) is 59.9 Å². The van der Waals surface area contributed by atoms with E-state index in [1.807, 2.05) is 0 Å². The van der Waals surface area contributed by atoms with Crippen molar-refractivity contribution in [1.82, 2.24) is 4.72 Å². The molecule has 0 aromatic heterocycles. The summed E-state index contributed by atoms with van der Waals surface area (Å²) < 4.78 is 80.5. The van der Waals surface area contributed by atoms with Gasteiger partial charge in [0.15, 0.2) is 0 Å². The van der Waals surface area contributed by atoms with Crippen LogP contribution in [0.2, 0.25) is 0 Å². The fourth-order valence-corrected chi connectivity index (χ4v) is 3.80. The normalized spacial score (nSPS) is 12.8. The van der Waals surface area contributed by atoms with Gasteiger partial charge in [0.05, 0.1) is 4.90 Å². The van der Waals surface area contributed by atoms with E-state index in [2.05, 4.69) is 9.46 Å². The lowest BCUT2D eigenvalue weighted by Gasteiger charge is -2.26. The number of sulfonamides is 1. The highest BCUT2D eigenvalue weighted by molar-refractivity contribution is 7.89. The van der Waals surface area contributed by atoms with Gasteiger partial charge < -0.3 is 4.74 Å². The van der Waals surface area contributed by atoms with Gasteiger partial charge in [-0.25, -0.2) is 17.5 Å². The Bertz CT molecular complexity index is 845. The van der Waals surface area contributed by atoms with Crippen LogP contribution >= 0.6 is 0 Å². The van der Waals surface area contributed by atoms with Crippen LogP contribution in [0.5, 0.6) is 5.75 Å². The van der Waals surface area contributed by atoms with Gasteiger partial charge in [-0.2, -0.15) is 0 Å². The number of hydrogen-bond acceptors (Lipinski definition) is 3. The lowest BCUT2D eigenvalue weighted by molar-refractivity contribution is -0.274. The van der Waals surface area contributed by atoms with Crippen molar-refractivity contribution in [2.24, 2.45) is 0 Å². The summed E-state index contributed by atoms with van der Waals surface area (Å²) in [6, 6.07) is 9.56. The van der Waals surface area contributed by atoms with E-state index in [4.69, 9.17) is 0 Å². The van der Waals surface area contributed by atoms with Gasteiger partial charge in [-0.05, 0) is 62.2 Å². The Labute approximate surface area is 148 Å². The van der Waals surface area contributed by atoms with E-state index in [1.54, 1.807) is 26.0 Å². The van der Waals surface area contributed by atoms with Crippen LogP contribution in [0.3, 0.4) is 0 Å². The van der Waals surface area contributed by atoms with E-state index in [9.17, 15) is 26.0 Å². The second-order valence-corrected chi connectivity index (χ2v) is 7.99. The van der Waals surface area contributed by atoms with Crippen LogP contribution < -0.4 is 9.46 Å². The van der Waals surface area contributed by atoms with Crippen molar-refractivity contribution in [2.45, 2.75) is 37.1 Å². The van der Waals surface area contributed by atoms with Crippen molar-refractivity contribution in [3.8, 4) is 5.75 Å². The summed E-state index contributed by atoms with van der Waals surface area (Å²) in [6.45, 7) is 3.30. The molecule has 0 amide bonds. The molecule has 4 nitrogen and oxygen atoms in total. The fourth-order valence-electron chi connectivity index (χ4n) is 2.39. The van der Waals surface area contributed by atoms with E-state index in [-0.39, 0.29) is 4.90 Å². The maximum Gasteiger partial charge on any atom is 0.573 e. The minimum Gasteiger partial charge on any atom is -0.406 e. The lowest BCUT2D eigenvalue weighted by atomic mass is 9.96. The summed E-state index contributed by atoms with van der Waals surface area (Å²) in [6.07, 6.45) is -4.56. The number of benzene rings is 2. The number of rotatable bonds is 6. The van der Waals surface area contributed by atoms with Gasteiger partial charge in [-0.3, -0.25) is 0 Å². The monoisotopic (exact) mass is 391 g/mol. The standard InChI is InChI=1S/C17H17F4NO3S/c1-16(2,11-12-3-5-13(18)6-4-12)22-26(23,24)15-9-7-14(8-10-15)25-17(19,20)21/h3-10,22H,11H2,1-2H3. The fraction of sp³-hybridized carbons (Fsp3) is 0.294. The minimum atomic E-state index is -4.85.